The highest BCUT2D eigenvalue weighted by Crippen LogP contribution is 2.49. The molecule has 0 unspecified atom stereocenters. The van der Waals surface area contributed by atoms with Crippen LogP contribution in [0.4, 0.5) is 15.3 Å². The highest BCUT2D eigenvalue weighted by molar-refractivity contribution is 6.20. The average molecular weight is 817 g/mol. The Labute approximate surface area is 340 Å². The van der Waals surface area contributed by atoms with Crippen molar-refractivity contribution in [1.29, 1.82) is 0 Å². The van der Waals surface area contributed by atoms with E-state index in [1.54, 1.807) is 48.4 Å². The van der Waals surface area contributed by atoms with Crippen LogP contribution in [0.1, 0.15) is 51.1 Å². The Morgan fingerprint density at radius 2 is 1.53 bits per heavy atom. The van der Waals surface area contributed by atoms with Crippen LogP contribution >= 0.6 is 11.6 Å². The number of nitrogens with one attached hydrogen (secondary N) is 1. The minimum absolute atomic E-state index is 0.0332. The van der Waals surface area contributed by atoms with Crippen LogP contribution in [0.2, 0.25) is 0 Å². The lowest BCUT2D eigenvalue weighted by atomic mass is 9.98. The van der Waals surface area contributed by atoms with Crippen molar-refractivity contribution in [1.82, 2.24) is 14.8 Å². The molecule has 1 N–H and O–H groups in total. The Bertz CT molecular complexity index is 2300. The summed E-state index contributed by atoms with van der Waals surface area (Å²) >= 11 is 6.52. The van der Waals surface area contributed by atoms with Crippen LogP contribution in [0.3, 0.4) is 0 Å². The van der Waals surface area contributed by atoms with Crippen molar-refractivity contribution < 1.29 is 52.4 Å². The normalized spacial score (nSPS) is 14.0. The van der Waals surface area contributed by atoms with Crippen molar-refractivity contribution in [2.45, 2.75) is 32.3 Å². The van der Waals surface area contributed by atoms with Gasteiger partial charge in [0, 0.05) is 81.0 Å². The van der Waals surface area contributed by atoms with Gasteiger partial charge < -0.3 is 48.1 Å². The van der Waals surface area contributed by atoms with Crippen LogP contribution in [-0.4, -0.2) is 113 Å². The number of hydrogen-bond acceptors (Lipinski definition) is 11. The molecule has 0 saturated heterocycles. The molecule has 0 spiro atoms. The van der Waals surface area contributed by atoms with Gasteiger partial charge in [-0.2, -0.15) is 0 Å². The summed E-state index contributed by atoms with van der Waals surface area (Å²) < 4.78 is 33.1. The van der Waals surface area contributed by atoms with Crippen molar-refractivity contribution in [2.75, 3.05) is 72.9 Å². The molecular weight excluding hydrogens is 772 g/mol. The van der Waals surface area contributed by atoms with Gasteiger partial charge in [0.05, 0.1) is 39.6 Å². The predicted octanol–water partition coefficient (Wildman–Crippen LogP) is 6.12. The van der Waals surface area contributed by atoms with Gasteiger partial charge in [0.25, 0.3) is 5.91 Å². The molecule has 3 amide bonds. The number of halogens is 1. The summed E-state index contributed by atoms with van der Waals surface area (Å²) in [5.74, 6) is 0.385. The van der Waals surface area contributed by atoms with Gasteiger partial charge in [0.15, 0.2) is 17.2 Å². The number of carbonyl (C=O) groups excluding carboxylic acids is 5. The molecule has 306 valence electrons. The van der Waals surface area contributed by atoms with Crippen molar-refractivity contribution in [3.8, 4) is 23.0 Å². The lowest BCUT2D eigenvalue weighted by molar-refractivity contribution is -0.116. The zero-order valence-corrected chi connectivity index (χ0v) is 34.1. The molecule has 1 aliphatic carbocycles. The van der Waals surface area contributed by atoms with Gasteiger partial charge in [-0.3, -0.25) is 9.59 Å². The molecule has 3 aromatic carbocycles. The highest BCUT2D eigenvalue weighted by Gasteiger charge is 2.38. The Hall–Kier alpha value is -6.22. The van der Waals surface area contributed by atoms with Crippen LogP contribution in [0, 0.1) is 0 Å². The molecular formula is C42H45ClN4O11. The SMILES string of the molecule is COC(=O)c1cc2c3c(cc(OC(=O)N(C)CCN(C)C(=O)OCc4ccc(CC(C)=O)cc4)c2[nH]1)N(C(=O)C1=Cc2cc(OC)c(OC)c(OC)c2C1)C[C@H]3CCl. The third-order valence-electron chi connectivity index (χ3n) is 10.2. The molecule has 2 heterocycles. The van der Waals surface area contributed by atoms with E-state index in [0.717, 1.165) is 22.3 Å². The number of esters is 1. The number of hydrogen-bond donors (Lipinski definition) is 1. The minimum atomic E-state index is -0.753. The standard InChI is InChI=1S/C42H45ClN4O11/c1-23(48)14-24-8-10-25(11-9-24)22-57-41(51)45(2)12-13-46(3)42(52)58-33-19-32-35(30-18-31(40(50)56-7)44-36(30)33)28(20-43)21-47(32)39(49)27-15-26-17-34(53-4)38(55-6)37(54-5)29(26)16-27/h8-11,15,17-19,28,44H,12-14,16,20-22H2,1-7H3/t28-/m1/s1. The lowest BCUT2D eigenvalue weighted by Gasteiger charge is -2.22. The molecule has 0 bridgehead atoms. The van der Waals surface area contributed by atoms with Gasteiger partial charge in [0.2, 0.25) is 5.75 Å². The molecule has 4 aromatic rings. The number of fused-ring (bicyclic) bond motifs is 4. The van der Waals surface area contributed by atoms with E-state index in [9.17, 15) is 24.0 Å². The molecule has 58 heavy (non-hydrogen) atoms. The van der Waals surface area contributed by atoms with E-state index in [4.69, 9.17) is 40.0 Å². The maximum Gasteiger partial charge on any atom is 0.415 e. The summed E-state index contributed by atoms with van der Waals surface area (Å²) in [7, 11) is 8.89. The zero-order valence-electron chi connectivity index (χ0n) is 33.4. The van der Waals surface area contributed by atoms with Gasteiger partial charge >= 0.3 is 18.2 Å². The molecule has 16 heteroatoms. The molecule has 0 saturated carbocycles. The monoisotopic (exact) mass is 816 g/mol. The van der Waals surface area contributed by atoms with Gasteiger partial charge in [-0.05, 0) is 47.4 Å². The number of H-pyrrole nitrogens is 1. The second-order valence-electron chi connectivity index (χ2n) is 14.1. The van der Waals surface area contributed by atoms with E-state index < -0.39 is 18.2 Å². The summed E-state index contributed by atoms with van der Waals surface area (Å²) in [6.07, 6.45) is 1.04. The number of Topliss-reactive ketones (excluding diaryl/α,β-unsaturated/α-hetero) is 1. The number of aromatic amines is 1. The van der Waals surface area contributed by atoms with Crippen LogP contribution < -0.4 is 23.8 Å². The molecule has 0 radical (unpaired) electrons. The minimum Gasteiger partial charge on any atom is -0.493 e. The van der Waals surface area contributed by atoms with Crippen molar-refractivity contribution in [2.24, 2.45) is 0 Å². The maximum atomic E-state index is 14.4. The summed E-state index contributed by atoms with van der Waals surface area (Å²) in [6, 6.07) is 12.2. The Morgan fingerprint density at radius 3 is 2.16 bits per heavy atom. The highest BCUT2D eigenvalue weighted by atomic mass is 35.5. The molecule has 1 aliphatic heterocycles. The third kappa shape index (κ3) is 8.26. The summed E-state index contributed by atoms with van der Waals surface area (Å²) in [5.41, 5.74) is 5.29. The number of nitrogens with zero attached hydrogens (tertiary/aromatic N) is 3. The molecule has 2 aliphatic rings. The Kier molecular flexibility index (Phi) is 12.5. The Morgan fingerprint density at radius 1 is 0.862 bits per heavy atom. The topological polar surface area (TPSA) is 166 Å². The van der Waals surface area contributed by atoms with Crippen LogP contribution in [0.25, 0.3) is 17.0 Å². The lowest BCUT2D eigenvalue weighted by Crippen LogP contribution is -2.38. The number of aromatic nitrogens is 1. The fraction of sp³-hybridized carbons (Fsp3) is 0.357. The number of methoxy groups -OCH3 is 4. The molecule has 1 atom stereocenters. The maximum absolute atomic E-state index is 14.4. The number of anilines is 1. The predicted molar refractivity (Wildman–Crippen MR) is 216 cm³/mol. The van der Waals surface area contributed by atoms with E-state index in [2.05, 4.69) is 4.98 Å². The van der Waals surface area contributed by atoms with Crippen molar-refractivity contribution >= 4 is 64.1 Å². The van der Waals surface area contributed by atoms with Crippen molar-refractivity contribution in [3.63, 3.8) is 0 Å². The number of likely N-dealkylation sites (N-methyl/N-ethyl adjacent to an activating group) is 2. The Balaban J connectivity index is 1.21. The van der Waals surface area contributed by atoms with Crippen LogP contribution in [0.5, 0.6) is 23.0 Å². The molecule has 15 nitrogen and oxygen atoms in total. The zero-order chi connectivity index (χ0) is 41.8. The quantitative estimate of drug-likeness (QED) is 0.115. The largest absolute Gasteiger partial charge is 0.493 e. The van der Waals surface area contributed by atoms with Crippen molar-refractivity contribution in [3.05, 3.63) is 81.5 Å². The number of ketones is 1. The van der Waals surface area contributed by atoms with Gasteiger partial charge in [-0.25, -0.2) is 14.4 Å². The molecule has 0 fully saturated rings. The second-order valence-corrected chi connectivity index (χ2v) is 14.4. The third-order valence-corrected chi connectivity index (χ3v) is 10.6. The number of rotatable bonds is 14. The number of ether oxygens (including phenoxy) is 6. The van der Waals surface area contributed by atoms with Gasteiger partial charge in [-0.1, -0.05) is 24.3 Å². The van der Waals surface area contributed by atoms with Crippen LogP contribution in [-0.2, 0) is 38.5 Å². The molecule has 1 aromatic heterocycles. The van der Waals surface area contributed by atoms with E-state index in [1.165, 1.54) is 52.2 Å². The number of carbonyl (C=O) groups is 5. The number of amides is 3. The summed E-state index contributed by atoms with van der Waals surface area (Å²) in [5, 5.41) is 0.542. The first kappa shape index (κ1) is 41.4. The second kappa shape index (κ2) is 17.5. The summed E-state index contributed by atoms with van der Waals surface area (Å²) in [4.78, 5) is 72.1. The van der Waals surface area contributed by atoms with E-state index in [-0.39, 0.29) is 67.6 Å². The van der Waals surface area contributed by atoms with E-state index in [0.29, 0.717) is 51.4 Å². The van der Waals surface area contributed by atoms with E-state index >= 15 is 0 Å². The summed E-state index contributed by atoms with van der Waals surface area (Å²) in [6.45, 7) is 2.00. The first-order valence-corrected chi connectivity index (χ1v) is 18.9. The van der Waals surface area contributed by atoms with Gasteiger partial charge in [0.1, 0.15) is 18.1 Å². The van der Waals surface area contributed by atoms with Crippen LogP contribution in [0.15, 0.2) is 48.0 Å². The fourth-order valence-corrected chi connectivity index (χ4v) is 7.44. The average Bonchev–Trinajstić information content (AvgIpc) is 3.96. The smallest absolute Gasteiger partial charge is 0.415 e. The molecule has 6 rings (SSSR count). The van der Waals surface area contributed by atoms with E-state index in [1.807, 2.05) is 12.1 Å². The first-order valence-electron chi connectivity index (χ1n) is 18.4. The fourth-order valence-electron chi connectivity index (χ4n) is 7.19. The first-order chi connectivity index (χ1) is 27.8. The van der Waals surface area contributed by atoms with Gasteiger partial charge in [-0.15, -0.1) is 11.6 Å². The number of benzene rings is 3. The number of alkyl halides is 1.